The van der Waals surface area contributed by atoms with Crippen molar-refractivity contribution in [2.45, 2.75) is 26.3 Å². The highest BCUT2D eigenvalue weighted by Crippen LogP contribution is 2.23. The lowest BCUT2D eigenvalue weighted by Gasteiger charge is -2.23. The normalized spacial score (nSPS) is 16.7. The highest BCUT2D eigenvalue weighted by Gasteiger charge is 2.20. The fourth-order valence-corrected chi connectivity index (χ4v) is 2.45. The van der Waals surface area contributed by atoms with Crippen molar-refractivity contribution in [1.29, 1.82) is 0 Å². The Balaban J connectivity index is 2.14. The first kappa shape index (κ1) is 13.1. The summed E-state index contributed by atoms with van der Waals surface area (Å²) in [4.78, 5) is 3.26. The van der Waals surface area contributed by atoms with Crippen LogP contribution in [0.5, 0.6) is 0 Å². The van der Waals surface area contributed by atoms with Crippen LogP contribution >= 0.6 is 0 Å². The molecule has 0 radical (unpaired) electrons. The number of hydrogen-bond donors (Lipinski definition) is 2. The van der Waals surface area contributed by atoms with Crippen molar-refractivity contribution in [1.82, 2.24) is 4.98 Å². The molecule has 3 heteroatoms. The minimum atomic E-state index is -0.348. The second-order valence-corrected chi connectivity index (χ2v) is 5.25. The molecule has 3 N–H and O–H groups in total. The molecular weight excluding hydrogens is 227 g/mol. The SMILES string of the molecule is CC(CF)C(N)[C@H](C)Cc1c[nH]c2ccccc12. The number of para-hydroxylation sites is 1. The molecule has 98 valence electrons. The molecule has 1 aromatic heterocycles. The zero-order valence-electron chi connectivity index (χ0n) is 11.0. The third-order valence-corrected chi connectivity index (χ3v) is 3.77. The Labute approximate surface area is 107 Å². The van der Waals surface area contributed by atoms with E-state index in [1.165, 1.54) is 10.9 Å². The van der Waals surface area contributed by atoms with Crippen LogP contribution in [0.1, 0.15) is 19.4 Å². The Morgan fingerprint density at radius 3 is 2.67 bits per heavy atom. The van der Waals surface area contributed by atoms with Crippen LogP contribution in [0.4, 0.5) is 4.39 Å². The Hall–Kier alpha value is -1.35. The number of nitrogens with one attached hydrogen (secondary N) is 1. The van der Waals surface area contributed by atoms with Crippen molar-refractivity contribution in [3.05, 3.63) is 36.0 Å². The van der Waals surface area contributed by atoms with Crippen LogP contribution in [-0.4, -0.2) is 17.7 Å². The standard InChI is InChI=1S/C15H21FN2/c1-10(15(17)11(2)8-16)7-12-9-18-14-6-4-3-5-13(12)14/h3-6,9-11,15,18H,7-8,17H2,1-2H3/t10-,11?,15?/m1/s1. The van der Waals surface area contributed by atoms with Gasteiger partial charge in [0, 0.05) is 23.1 Å². The van der Waals surface area contributed by atoms with E-state index >= 15 is 0 Å². The summed E-state index contributed by atoms with van der Waals surface area (Å²) in [6.45, 7) is 3.62. The number of halogens is 1. The summed E-state index contributed by atoms with van der Waals surface area (Å²) in [6.07, 6.45) is 2.92. The second kappa shape index (κ2) is 5.53. The van der Waals surface area contributed by atoms with E-state index in [0.717, 1.165) is 11.9 Å². The molecule has 0 aliphatic carbocycles. The molecular formula is C15H21FN2. The molecule has 0 spiro atoms. The van der Waals surface area contributed by atoms with Crippen LogP contribution in [0, 0.1) is 11.8 Å². The monoisotopic (exact) mass is 248 g/mol. The molecule has 0 saturated heterocycles. The number of aromatic amines is 1. The summed E-state index contributed by atoms with van der Waals surface area (Å²) < 4.78 is 12.6. The minimum Gasteiger partial charge on any atom is -0.361 e. The first-order valence-corrected chi connectivity index (χ1v) is 6.50. The molecule has 0 aliphatic rings. The van der Waals surface area contributed by atoms with Crippen molar-refractivity contribution in [2.75, 3.05) is 6.67 Å². The molecule has 0 saturated carbocycles. The lowest BCUT2D eigenvalue weighted by Crippen LogP contribution is -2.36. The van der Waals surface area contributed by atoms with Crippen molar-refractivity contribution in [2.24, 2.45) is 17.6 Å². The summed E-state index contributed by atoms with van der Waals surface area (Å²) >= 11 is 0. The van der Waals surface area contributed by atoms with Gasteiger partial charge < -0.3 is 10.7 Å². The van der Waals surface area contributed by atoms with Crippen LogP contribution in [0.25, 0.3) is 10.9 Å². The number of H-pyrrole nitrogens is 1. The quantitative estimate of drug-likeness (QED) is 0.837. The molecule has 3 atom stereocenters. The largest absolute Gasteiger partial charge is 0.361 e. The molecule has 0 aliphatic heterocycles. The van der Waals surface area contributed by atoms with Crippen LogP contribution in [0.2, 0.25) is 0 Å². The van der Waals surface area contributed by atoms with Crippen molar-refractivity contribution >= 4 is 10.9 Å². The van der Waals surface area contributed by atoms with Gasteiger partial charge >= 0.3 is 0 Å². The highest BCUT2D eigenvalue weighted by molar-refractivity contribution is 5.83. The number of alkyl halides is 1. The molecule has 2 aromatic rings. The maximum absolute atomic E-state index is 12.6. The molecule has 0 fully saturated rings. The Kier molecular flexibility index (Phi) is 4.02. The number of hydrogen-bond acceptors (Lipinski definition) is 1. The van der Waals surface area contributed by atoms with E-state index in [-0.39, 0.29) is 24.6 Å². The van der Waals surface area contributed by atoms with Gasteiger partial charge in [-0.2, -0.15) is 0 Å². The predicted octanol–water partition coefficient (Wildman–Crippen LogP) is 3.28. The zero-order chi connectivity index (χ0) is 13.1. The lowest BCUT2D eigenvalue weighted by atomic mass is 9.87. The Bertz CT molecular complexity index is 506. The van der Waals surface area contributed by atoms with E-state index in [0.29, 0.717) is 0 Å². The number of nitrogens with two attached hydrogens (primary N) is 1. The summed E-state index contributed by atoms with van der Waals surface area (Å²) in [5, 5.41) is 1.24. The van der Waals surface area contributed by atoms with Gasteiger partial charge in [-0.15, -0.1) is 0 Å². The van der Waals surface area contributed by atoms with Gasteiger partial charge in [0.2, 0.25) is 0 Å². The van der Waals surface area contributed by atoms with Gasteiger partial charge in [0.15, 0.2) is 0 Å². The fraction of sp³-hybridized carbons (Fsp3) is 0.467. The van der Waals surface area contributed by atoms with E-state index < -0.39 is 0 Å². The Morgan fingerprint density at radius 2 is 1.94 bits per heavy atom. The minimum absolute atomic E-state index is 0.0785. The number of fused-ring (bicyclic) bond motifs is 1. The van der Waals surface area contributed by atoms with Crippen LogP contribution in [0.3, 0.4) is 0 Å². The predicted molar refractivity (Wildman–Crippen MR) is 74.3 cm³/mol. The van der Waals surface area contributed by atoms with Gasteiger partial charge in [-0.05, 0) is 29.9 Å². The number of benzene rings is 1. The first-order chi connectivity index (χ1) is 8.63. The first-order valence-electron chi connectivity index (χ1n) is 6.50. The van der Waals surface area contributed by atoms with Crippen LogP contribution < -0.4 is 5.73 Å². The molecule has 18 heavy (non-hydrogen) atoms. The average Bonchev–Trinajstić information content (AvgIpc) is 2.80. The van der Waals surface area contributed by atoms with Gasteiger partial charge in [0.05, 0.1) is 6.67 Å². The third kappa shape index (κ3) is 2.56. The third-order valence-electron chi connectivity index (χ3n) is 3.77. The number of rotatable bonds is 5. The molecule has 1 heterocycles. The molecule has 2 rings (SSSR count). The van der Waals surface area contributed by atoms with Crippen molar-refractivity contribution in [3.8, 4) is 0 Å². The van der Waals surface area contributed by atoms with Gasteiger partial charge in [0.1, 0.15) is 0 Å². The van der Waals surface area contributed by atoms with E-state index in [9.17, 15) is 4.39 Å². The van der Waals surface area contributed by atoms with E-state index in [1.54, 1.807) is 0 Å². The molecule has 1 aromatic carbocycles. The zero-order valence-corrected chi connectivity index (χ0v) is 11.0. The van der Waals surface area contributed by atoms with Gasteiger partial charge in [0.25, 0.3) is 0 Å². The Morgan fingerprint density at radius 1 is 1.22 bits per heavy atom. The van der Waals surface area contributed by atoms with Crippen molar-refractivity contribution in [3.63, 3.8) is 0 Å². The molecule has 0 amide bonds. The topological polar surface area (TPSA) is 41.8 Å². The van der Waals surface area contributed by atoms with Crippen LogP contribution in [0.15, 0.2) is 30.5 Å². The molecule has 2 nitrogen and oxygen atoms in total. The summed E-state index contributed by atoms with van der Waals surface area (Å²) in [6, 6.07) is 8.13. The summed E-state index contributed by atoms with van der Waals surface area (Å²) in [7, 11) is 0. The second-order valence-electron chi connectivity index (χ2n) is 5.25. The van der Waals surface area contributed by atoms with Gasteiger partial charge in [-0.1, -0.05) is 32.0 Å². The fourth-order valence-electron chi connectivity index (χ4n) is 2.45. The maximum atomic E-state index is 12.6. The number of aromatic nitrogens is 1. The maximum Gasteiger partial charge on any atom is 0.0934 e. The molecule has 2 unspecified atom stereocenters. The van der Waals surface area contributed by atoms with E-state index in [2.05, 4.69) is 24.0 Å². The smallest absolute Gasteiger partial charge is 0.0934 e. The van der Waals surface area contributed by atoms with Crippen molar-refractivity contribution < 1.29 is 4.39 Å². The highest BCUT2D eigenvalue weighted by atomic mass is 19.1. The van der Waals surface area contributed by atoms with E-state index in [1.807, 2.05) is 25.3 Å². The molecule has 0 bridgehead atoms. The van der Waals surface area contributed by atoms with Gasteiger partial charge in [-0.3, -0.25) is 4.39 Å². The summed E-state index contributed by atoms with van der Waals surface area (Å²) in [5.74, 6) is 0.195. The van der Waals surface area contributed by atoms with Gasteiger partial charge in [-0.25, -0.2) is 0 Å². The average molecular weight is 248 g/mol. The lowest BCUT2D eigenvalue weighted by molar-refractivity contribution is 0.279. The summed E-state index contributed by atoms with van der Waals surface area (Å²) in [5.41, 5.74) is 8.49. The van der Waals surface area contributed by atoms with Crippen LogP contribution in [-0.2, 0) is 6.42 Å². The van der Waals surface area contributed by atoms with E-state index in [4.69, 9.17) is 5.73 Å².